The van der Waals surface area contributed by atoms with Crippen LogP contribution in [0.4, 0.5) is 13.2 Å². The zero-order chi connectivity index (χ0) is 10.9. The fourth-order valence-corrected chi connectivity index (χ4v) is 1.60. The van der Waals surface area contributed by atoms with Crippen LogP contribution in [0.25, 0.3) is 0 Å². The molecule has 0 rings (SSSR count). The van der Waals surface area contributed by atoms with Gasteiger partial charge >= 0.3 is 6.18 Å². The van der Waals surface area contributed by atoms with Crippen LogP contribution in [-0.2, 0) is 0 Å². The summed E-state index contributed by atoms with van der Waals surface area (Å²) in [5.74, 6) is 0. The molecule has 0 unspecified atom stereocenters. The van der Waals surface area contributed by atoms with Gasteiger partial charge in [-0.15, -0.1) is 0 Å². The molecule has 0 bridgehead atoms. The Kier molecular flexibility index (Phi) is 9.06. The molecule has 0 aliphatic rings. The topological polar surface area (TPSA) is 12.0 Å². The van der Waals surface area contributed by atoms with E-state index in [2.05, 4.69) is 27.9 Å². The predicted molar refractivity (Wildman–Crippen MR) is 60.9 cm³/mol. The van der Waals surface area contributed by atoms with E-state index in [1.165, 1.54) is 6.42 Å². The second-order valence-electron chi connectivity index (χ2n) is 3.22. The molecule has 1 nitrogen and oxygen atoms in total. The van der Waals surface area contributed by atoms with Gasteiger partial charge in [-0.1, -0.05) is 29.0 Å². The standard InChI is InChI=1S/C9H17F3IN/c10-9(11,12)5-4-8-14-7-3-1-2-6-13/h14H,1-8H2. The van der Waals surface area contributed by atoms with E-state index in [1.807, 2.05) is 0 Å². The van der Waals surface area contributed by atoms with Gasteiger partial charge in [0.1, 0.15) is 0 Å². The molecule has 14 heavy (non-hydrogen) atoms. The van der Waals surface area contributed by atoms with Crippen molar-refractivity contribution in [3.8, 4) is 0 Å². The molecule has 0 atom stereocenters. The lowest BCUT2D eigenvalue weighted by Gasteiger charge is -2.06. The first-order valence-corrected chi connectivity index (χ1v) is 6.42. The summed E-state index contributed by atoms with van der Waals surface area (Å²) in [6.45, 7) is 1.32. The molecule has 0 spiro atoms. The van der Waals surface area contributed by atoms with Crippen molar-refractivity contribution < 1.29 is 13.2 Å². The summed E-state index contributed by atoms with van der Waals surface area (Å²) in [6, 6.07) is 0. The highest BCUT2D eigenvalue weighted by Gasteiger charge is 2.25. The number of rotatable bonds is 8. The van der Waals surface area contributed by atoms with Crippen LogP contribution >= 0.6 is 22.6 Å². The first-order chi connectivity index (χ1) is 6.56. The number of halogens is 4. The Bertz CT molecular complexity index is 128. The van der Waals surface area contributed by atoms with Crippen LogP contribution in [0.3, 0.4) is 0 Å². The van der Waals surface area contributed by atoms with Crippen LogP contribution in [0.5, 0.6) is 0 Å². The fraction of sp³-hybridized carbons (Fsp3) is 1.00. The molecule has 1 N–H and O–H groups in total. The first kappa shape index (κ1) is 14.5. The van der Waals surface area contributed by atoms with Crippen molar-refractivity contribution in [2.75, 3.05) is 17.5 Å². The molecule has 0 radical (unpaired) electrons. The highest BCUT2D eigenvalue weighted by Crippen LogP contribution is 2.20. The summed E-state index contributed by atoms with van der Waals surface area (Å²) in [7, 11) is 0. The Balaban J connectivity index is 2.99. The van der Waals surface area contributed by atoms with Crippen molar-refractivity contribution in [1.82, 2.24) is 5.32 Å². The van der Waals surface area contributed by atoms with E-state index in [1.54, 1.807) is 0 Å². The molecule has 0 aliphatic carbocycles. The fourth-order valence-electron chi connectivity index (χ4n) is 1.06. The number of alkyl halides is 4. The summed E-state index contributed by atoms with van der Waals surface area (Å²) in [4.78, 5) is 0. The molecule has 0 saturated carbocycles. The monoisotopic (exact) mass is 323 g/mol. The van der Waals surface area contributed by atoms with Crippen molar-refractivity contribution in [3.05, 3.63) is 0 Å². The molecule has 0 aromatic heterocycles. The SMILES string of the molecule is FC(F)(F)CCCNCCCCCI. The molecule has 0 aromatic carbocycles. The average molecular weight is 323 g/mol. The van der Waals surface area contributed by atoms with Gasteiger partial charge < -0.3 is 5.32 Å². The molecule has 0 saturated heterocycles. The summed E-state index contributed by atoms with van der Waals surface area (Å²) in [5, 5.41) is 3.01. The van der Waals surface area contributed by atoms with Crippen LogP contribution in [0.15, 0.2) is 0 Å². The molecule has 0 aromatic rings. The van der Waals surface area contributed by atoms with Crippen LogP contribution in [0.1, 0.15) is 32.1 Å². The summed E-state index contributed by atoms with van der Waals surface area (Å²) in [5.41, 5.74) is 0. The van der Waals surface area contributed by atoms with Crippen LogP contribution in [-0.4, -0.2) is 23.7 Å². The van der Waals surface area contributed by atoms with E-state index < -0.39 is 12.6 Å². The third-order valence-corrected chi connectivity index (χ3v) is 2.56. The zero-order valence-corrected chi connectivity index (χ0v) is 10.3. The van der Waals surface area contributed by atoms with Crippen LogP contribution in [0.2, 0.25) is 0 Å². The minimum absolute atomic E-state index is 0.190. The Morgan fingerprint density at radius 2 is 1.57 bits per heavy atom. The molecule has 0 fully saturated rings. The number of hydrogen-bond donors (Lipinski definition) is 1. The molecule has 0 amide bonds. The molecule has 0 aliphatic heterocycles. The van der Waals surface area contributed by atoms with Gasteiger partial charge in [0.05, 0.1) is 0 Å². The van der Waals surface area contributed by atoms with Crippen molar-refractivity contribution in [3.63, 3.8) is 0 Å². The molecule has 5 heteroatoms. The van der Waals surface area contributed by atoms with Gasteiger partial charge in [0.15, 0.2) is 0 Å². The molecule has 86 valence electrons. The predicted octanol–water partition coefficient (Wildman–Crippen LogP) is 3.52. The number of hydrogen-bond acceptors (Lipinski definition) is 1. The minimum atomic E-state index is -4.00. The van der Waals surface area contributed by atoms with Crippen LogP contribution < -0.4 is 5.32 Å². The van der Waals surface area contributed by atoms with E-state index in [0.29, 0.717) is 6.54 Å². The van der Waals surface area contributed by atoms with Crippen molar-refractivity contribution in [2.45, 2.75) is 38.3 Å². The summed E-state index contributed by atoms with van der Waals surface area (Å²) < 4.78 is 36.3. The van der Waals surface area contributed by atoms with Crippen LogP contribution in [0, 0.1) is 0 Å². The maximum atomic E-state index is 11.7. The van der Waals surface area contributed by atoms with Gasteiger partial charge in [-0.2, -0.15) is 13.2 Å². The van der Waals surface area contributed by atoms with Gasteiger partial charge in [0.2, 0.25) is 0 Å². The maximum Gasteiger partial charge on any atom is 0.389 e. The highest BCUT2D eigenvalue weighted by atomic mass is 127. The van der Waals surface area contributed by atoms with E-state index in [-0.39, 0.29) is 6.42 Å². The normalized spacial score (nSPS) is 12.0. The Morgan fingerprint density at radius 3 is 2.14 bits per heavy atom. The average Bonchev–Trinajstić information content (AvgIpc) is 2.08. The largest absolute Gasteiger partial charge is 0.389 e. The number of nitrogens with one attached hydrogen (secondary N) is 1. The van der Waals surface area contributed by atoms with Gasteiger partial charge in [-0.25, -0.2) is 0 Å². The smallest absolute Gasteiger partial charge is 0.317 e. The van der Waals surface area contributed by atoms with Gasteiger partial charge in [0, 0.05) is 6.42 Å². The quantitative estimate of drug-likeness (QED) is 0.409. The first-order valence-electron chi connectivity index (χ1n) is 4.89. The molecular formula is C9H17F3IN. The second kappa shape index (κ2) is 8.76. The van der Waals surface area contributed by atoms with Gasteiger partial charge in [-0.05, 0) is 36.8 Å². The third-order valence-electron chi connectivity index (χ3n) is 1.80. The highest BCUT2D eigenvalue weighted by molar-refractivity contribution is 14.1. The van der Waals surface area contributed by atoms with E-state index in [4.69, 9.17) is 0 Å². The molecule has 0 heterocycles. The Labute approximate surface area is 97.0 Å². The third kappa shape index (κ3) is 12.5. The zero-order valence-electron chi connectivity index (χ0n) is 8.17. The van der Waals surface area contributed by atoms with Crippen molar-refractivity contribution >= 4 is 22.6 Å². The van der Waals surface area contributed by atoms with E-state index in [9.17, 15) is 13.2 Å². The minimum Gasteiger partial charge on any atom is -0.317 e. The lowest BCUT2D eigenvalue weighted by molar-refractivity contribution is -0.135. The van der Waals surface area contributed by atoms with Crippen molar-refractivity contribution in [2.24, 2.45) is 0 Å². The lowest BCUT2D eigenvalue weighted by Crippen LogP contribution is -2.19. The summed E-state index contributed by atoms with van der Waals surface area (Å²) in [6.07, 6.45) is -1.05. The van der Waals surface area contributed by atoms with Gasteiger partial charge in [0.25, 0.3) is 0 Å². The van der Waals surface area contributed by atoms with Crippen molar-refractivity contribution in [1.29, 1.82) is 0 Å². The maximum absolute atomic E-state index is 11.7. The summed E-state index contributed by atoms with van der Waals surface area (Å²) >= 11 is 2.33. The van der Waals surface area contributed by atoms with Gasteiger partial charge in [-0.3, -0.25) is 0 Å². The number of unbranched alkanes of at least 4 members (excludes halogenated alkanes) is 2. The van der Waals surface area contributed by atoms with E-state index >= 15 is 0 Å². The molecular weight excluding hydrogens is 306 g/mol. The van der Waals surface area contributed by atoms with E-state index in [0.717, 1.165) is 23.8 Å². The second-order valence-corrected chi connectivity index (χ2v) is 4.30. The lowest BCUT2D eigenvalue weighted by atomic mass is 10.2. The Hall–Kier alpha value is 0.480. The Morgan fingerprint density at radius 1 is 0.929 bits per heavy atom.